The van der Waals surface area contributed by atoms with Gasteiger partial charge in [-0.25, -0.2) is 9.37 Å². The lowest BCUT2D eigenvalue weighted by molar-refractivity contribution is 0.632. The smallest absolute Gasteiger partial charge is 0.146 e. The largest absolute Gasteiger partial charge is 0.338 e. The summed E-state index contributed by atoms with van der Waals surface area (Å²) in [6.07, 6.45) is 1.69. The minimum atomic E-state index is -0.277. The number of hydrogen-bond donors (Lipinski definition) is 1. The van der Waals surface area contributed by atoms with E-state index in [1.54, 1.807) is 24.4 Å². The van der Waals surface area contributed by atoms with E-state index >= 15 is 0 Å². The van der Waals surface area contributed by atoms with Crippen LogP contribution in [-0.2, 0) is 0 Å². The number of aryl methyl sites for hydroxylation is 1. The molecule has 0 fully saturated rings. The van der Waals surface area contributed by atoms with Gasteiger partial charge < -0.3 is 5.32 Å². The lowest BCUT2D eigenvalue weighted by Gasteiger charge is -2.06. The van der Waals surface area contributed by atoms with Gasteiger partial charge in [-0.05, 0) is 36.8 Å². The van der Waals surface area contributed by atoms with Crippen LogP contribution in [0.4, 0.5) is 15.9 Å². The first kappa shape index (κ1) is 9.65. The molecule has 0 radical (unpaired) electrons. The van der Waals surface area contributed by atoms with Crippen LogP contribution >= 0.6 is 0 Å². The molecule has 1 aromatic heterocycles. The van der Waals surface area contributed by atoms with Gasteiger partial charge in [-0.15, -0.1) is 0 Å². The maximum Gasteiger partial charge on any atom is 0.146 e. The number of halogens is 1. The van der Waals surface area contributed by atoms with Gasteiger partial charge in [0.1, 0.15) is 11.6 Å². The Balaban J connectivity index is 2.26. The summed E-state index contributed by atoms with van der Waals surface area (Å²) in [5.41, 5.74) is 1.53. The fraction of sp³-hybridized carbons (Fsp3) is 0.0833. The van der Waals surface area contributed by atoms with Crippen molar-refractivity contribution in [2.75, 3.05) is 5.32 Å². The van der Waals surface area contributed by atoms with Crippen LogP contribution in [-0.4, -0.2) is 4.98 Å². The standard InChI is InChI=1S/C12H11FN2/c1-9-6-7-14-12(8-9)15-11-5-3-2-4-10(11)13/h2-8H,1H3,(H,14,15). The van der Waals surface area contributed by atoms with Crippen molar-refractivity contribution < 1.29 is 4.39 Å². The van der Waals surface area contributed by atoms with Crippen LogP contribution in [0.1, 0.15) is 5.56 Å². The van der Waals surface area contributed by atoms with E-state index in [1.807, 2.05) is 19.1 Å². The molecule has 2 nitrogen and oxygen atoms in total. The van der Waals surface area contributed by atoms with E-state index in [9.17, 15) is 4.39 Å². The fourth-order valence-corrected chi connectivity index (χ4v) is 1.31. The van der Waals surface area contributed by atoms with Gasteiger partial charge in [0.25, 0.3) is 0 Å². The maximum atomic E-state index is 13.3. The summed E-state index contributed by atoms with van der Waals surface area (Å²) in [7, 11) is 0. The molecule has 0 aliphatic rings. The van der Waals surface area contributed by atoms with Crippen LogP contribution in [0.15, 0.2) is 42.6 Å². The molecule has 1 heterocycles. The molecule has 2 rings (SSSR count). The zero-order valence-corrected chi connectivity index (χ0v) is 8.37. The minimum absolute atomic E-state index is 0.277. The summed E-state index contributed by atoms with van der Waals surface area (Å²) in [5.74, 6) is 0.376. The second-order valence-electron chi connectivity index (χ2n) is 3.32. The highest BCUT2D eigenvalue weighted by Gasteiger charge is 2.00. The Morgan fingerprint density at radius 3 is 2.73 bits per heavy atom. The SMILES string of the molecule is Cc1ccnc(Nc2ccccc2F)c1. The molecule has 2 aromatic rings. The number of rotatable bonds is 2. The lowest BCUT2D eigenvalue weighted by atomic mass is 10.2. The predicted molar refractivity (Wildman–Crippen MR) is 58.7 cm³/mol. The van der Waals surface area contributed by atoms with Crippen molar-refractivity contribution in [3.05, 3.63) is 54.0 Å². The predicted octanol–water partition coefficient (Wildman–Crippen LogP) is 3.27. The summed E-state index contributed by atoms with van der Waals surface area (Å²) in [6, 6.07) is 10.3. The number of anilines is 2. The third-order valence-electron chi connectivity index (χ3n) is 2.05. The first-order valence-electron chi connectivity index (χ1n) is 4.70. The van der Waals surface area contributed by atoms with E-state index in [2.05, 4.69) is 10.3 Å². The summed E-state index contributed by atoms with van der Waals surface area (Å²) >= 11 is 0. The van der Waals surface area contributed by atoms with E-state index in [0.717, 1.165) is 5.56 Å². The summed E-state index contributed by atoms with van der Waals surface area (Å²) in [5, 5.41) is 2.93. The van der Waals surface area contributed by atoms with Crippen molar-refractivity contribution in [2.24, 2.45) is 0 Å². The molecule has 0 amide bonds. The average Bonchev–Trinajstić information content (AvgIpc) is 2.22. The van der Waals surface area contributed by atoms with Gasteiger partial charge in [0, 0.05) is 6.20 Å². The van der Waals surface area contributed by atoms with Gasteiger partial charge in [0.05, 0.1) is 5.69 Å². The Morgan fingerprint density at radius 2 is 2.00 bits per heavy atom. The third-order valence-corrected chi connectivity index (χ3v) is 2.05. The monoisotopic (exact) mass is 202 g/mol. The lowest BCUT2D eigenvalue weighted by Crippen LogP contribution is -1.95. The molecule has 0 aliphatic carbocycles. The first-order chi connectivity index (χ1) is 7.25. The van der Waals surface area contributed by atoms with Crippen LogP contribution in [0, 0.1) is 12.7 Å². The van der Waals surface area contributed by atoms with Crippen molar-refractivity contribution in [2.45, 2.75) is 6.92 Å². The summed E-state index contributed by atoms with van der Waals surface area (Å²) in [4.78, 5) is 4.10. The first-order valence-corrected chi connectivity index (χ1v) is 4.70. The second kappa shape index (κ2) is 4.09. The van der Waals surface area contributed by atoms with Gasteiger partial charge in [-0.3, -0.25) is 0 Å². The van der Waals surface area contributed by atoms with Gasteiger partial charge in [0.2, 0.25) is 0 Å². The number of aromatic nitrogens is 1. The van der Waals surface area contributed by atoms with Gasteiger partial charge >= 0.3 is 0 Å². The minimum Gasteiger partial charge on any atom is -0.338 e. The van der Waals surface area contributed by atoms with E-state index in [4.69, 9.17) is 0 Å². The number of para-hydroxylation sites is 1. The Bertz CT molecular complexity index is 469. The maximum absolute atomic E-state index is 13.3. The average molecular weight is 202 g/mol. The van der Waals surface area contributed by atoms with Gasteiger partial charge in [-0.1, -0.05) is 12.1 Å². The van der Waals surface area contributed by atoms with E-state index in [1.165, 1.54) is 6.07 Å². The molecule has 15 heavy (non-hydrogen) atoms. The van der Waals surface area contributed by atoms with Crippen LogP contribution in [0.2, 0.25) is 0 Å². The molecule has 0 atom stereocenters. The Morgan fingerprint density at radius 1 is 1.20 bits per heavy atom. The third kappa shape index (κ3) is 2.31. The summed E-state index contributed by atoms with van der Waals surface area (Å²) < 4.78 is 13.3. The van der Waals surface area contributed by atoms with E-state index in [0.29, 0.717) is 11.5 Å². The van der Waals surface area contributed by atoms with E-state index < -0.39 is 0 Å². The molecule has 0 saturated heterocycles. The van der Waals surface area contributed by atoms with Crippen LogP contribution in [0.5, 0.6) is 0 Å². The van der Waals surface area contributed by atoms with Crippen molar-refractivity contribution in [1.29, 1.82) is 0 Å². The molecule has 0 saturated carbocycles. The van der Waals surface area contributed by atoms with E-state index in [-0.39, 0.29) is 5.82 Å². The van der Waals surface area contributed by atoms with Crippen molar-refractivity contribution in [1.82, 2.24) is 4.98 Å². The highest BCUT2D eigenvalue weighted by atomic mass is 19.1. The normalized spacial score (nSPS) is 10.0. The number of pyridine rings is 1. The zero-order chi connectivity index (χ0) is 10.7. The molecule has 76 valence electrons. The number of benzene rings is 1. The van der Waals surface area contributed by atoms with Crippen LogP contribution in [0.3, 0.4) is 0 Å². The fourth-order valence-electron chi connectivity index (χ4n) is 1.31. The van der Waals surface area contributed by atoms with Crippen LogP contribution in [0.25, 0.3) is 0 Å². The Hall–Kier alpha value is -1.90. The quantitative estimate of drug-likeness (QED) is 0.808. The Kier molecular flexibility index (Phi) is 2.63. The molecule has 0 spiro atoms. The highest BCUT2D eigenvalue weighted by Crippen LogP contribution is 2.17. The van der Waals surface area contributed by atoms with Crippen molar-refractivity contribution >= 4 is 11.5 Å². The summed E-state index contributed by atoms with van der Waals surface area (Å²) in [6.45, 7) is 1.97. The van der Waals surface area contributed by atoms with Crippen molar-refractivity contribution in [3.63, 3.8) is 0 Å². The molecular weight excluding hydrogens is 191 g/mol. The molecule has 0 bridgehead atoms. The zero-order valence-electron chi connectivity index (χ0n) is 8.37. The molecule has 3 heteroatoms. The number of nitrogens with one attached hydrogen (secondary N) is 1. The molecule has 1 N–H and O–H groups in total. The second-order valence-corrected chi connectivity index (χ2v) is 3.32. The van der Waals surface area contributed by atoms with Gasteiger partial charge in [0.15, 0.2) is 0 Å². The van der Waals surface area contributed by atoms with Gasteiger partial charge in [-0.2, -0.15) is 0 Å². The Labute approximate surface area is 87.8 Å². The van der Waals surface area contributed by atoms with Crippen LogP contribution < -0.4 is 5.32 Å². The number of hydrogen-bond acceptors (Lipinski definition) is 2. The number of nitrogens with zero attached hydrogens (tertiary/aromatic N) is 1. The molecule has 0 aliphatic heterocycles. The molecular formula is C12H11FN2. The topological polar surface area (TPSA) is 24.9 Å². The van der Waals surface area contributed by atoms with Crippen molar-refractivity contribution in [3.8, 4) is 0 Å². The highest BCUT2D eigenvalue weighted by molar-refractivity contribution is 5.56. The molecule has 0 unspecified atom stereocenters. The molecule has 1 aromatic carbocycles.